The standard InChI is InChI=1S/C10H16N2/c1-7-2-3-9-8(6-7)4-5-12-10(9)11/h7H,2-6H2,1H3,(H2,11,12). The second kappa shape index (κ2) is 2.92. The highest BCUT2D eigenvalue weighted by Crippen LogP contribution is 2.32. The lowest BCUT2D eigenvalue weighted by Crippen LogP contribution is -2.24. The van der Waals surface area contributed by atoms with Gasteiger partial charge in [-0.05, 0) is 37.2 Å². The highest BCUT2D eigenvalue weighted by atomic mass is 14.9. The summed E-state index contributed by atoms with van der Waals surface area (Å²) in [6.45, 7) is 3.24. The molecule has 2 rings (SSSR count). The Hall–Kier alpha value is -0.790. The minimum absolute atomic E-state index is 0.822. The van der Waals surface area contributed by atoms with Gasteiger partial charge in [-0.3, -0.25) is 4.99 Å². The van der Waals surface area contributed by atoms with Crippen LogP contribution in [0.2, 0.25) is 0 Å². The molecule has 0 saturated heterocycles. The van der Waals surface area contributed by atoms with Crippen LogP contribution in [0.15, 0.2) is 16.1 Å². The summed E-state index contributed by atoms with van der Waals surface area (Å²) in [6.07, 6.45) is 4.85. The van der Waals surface area contributed by atoms with Gasteiger partial charge >= 0.3 is 0 Å². The molecule has 0 radical (unpaired) electrons. The zero-order chi connectivity index (χ0) is 8.55. The summed E-state index contributed by atoms with van der Waals surface area (Å²) >= 11 is 0. The summed E-state index contributed by atoms with van der Waals surface area (Å²) < 4.78 is 0. The first-order valence-corrected chi connectivity index (χ1v) is 4.78. The van der Waals surface area contributed by atoms with Gasteiger partial charge in [0.2, 0.25) is 0 Å². The highest BCUT2D eigenvalue weighted by Gasteiger charge is 2.21. The summed E-state index contributed by atoms with van der Waals surface area (Å²) in [5.74, 6) is 1.68. The monoisotopic (exact) mass is 164 g/mol. The number of hydrogen-bond donors (Lipinski definition) is 1. The average molecular weight is 164 g/mol. The number of aliphatic imine (C=N–C) groups is 1. The molecule has 0 bridgehead atoms. The quantitative estimate of drug-likeness (QED) is 0.583. The lowest BCUT2D eigenvalue weighted by atomic mass is 9.82. The van der Waals surface area contributed by atoms with Crippen LogP contribution in [0.25, 0.3) is 0 Å². The van der Waals surface area contributed by atoms with Crippen LogP contribution in [0, 0.1) is 5.92 Å². The third-order valence-electron chi connectivity index (χ3n) is 2.91. The van der Waals surface area contributed by atoms with Crippen LogP contribution in [-0.2, 0) is 0 Å². The number of hydrogen-bond acceptors (Lipinski definition) is 2. The topological polar surface area (TPSA) is 38.4 Å². The van der Waals surface area contributed by atoms with E-state index in [2.05, 4.69) is 11.9 Å². The number of rotatable bonds is 0. The van der Waals surface area contributed by atoms with Crippen LogP contribution in [0.5, 0.6) is 0 Å². The van der Waals surface area contributed by atoms with Crippen molar-refractivity contribution in [3.8, 4) is 0 Å². The summed E-state index contributed by atoms with van der Waals surface area (Å²) in [7, 11) is 0. The Morgan fingerprint density at radius 2 is 2.25 bits per heavy atom. The van der Waals surface area contributed by atoms with Crippen molar-refractivity contribution in [2.24, 2.45) is 16.6 Å². The smallest absolute Gasteiger partial charge is 0.121 e. The lowest BCUT2D eigenvalue weighted by Gasteiger charge is -2.27. The van der Waals surface area contributed by atoms with Crippen molar-refractivity contribution in [1.82, 2.24) is 0 Å². The maximum Gasteiger partial charge on any atom is 0.121 e. The first-order valence-electron chi connectivity index (χ1n) is 4.78. The van der Waals surface area contributed by atoms with E-state index in [1.54, 1.807) is 5.57 Å². The Morgan fingerprint density at radius 1 is 1.42 bits per heavy atom. The molecular weight excluding hydrogens is 148 g/mol. The van der Waals surface area contributed by atoms with E-state index in [1.807, 2.05) is 0 Å². The van der Waals surface area contributed by atoms with E-state index in [9.17, 15) is 0 Å². The molecule has 0 fully saturated rings. The van der Waals surface area contributed by atoms with Gasteiger partial charge in [0.25, 0.3) is 0 Å². The van der Waals surface area contributed by atoms with Gasteiger partial charge < -0.3 is 5.73 Å². The molecule has 2 aliphatic rings. The summed E-state index contributed by atoms with van der Waals surface area (Å²) in [6, 6.07) is 0. The molecule has 0 amide bonds. The van der Waals surface area contributed by atoms with Crippen molar-refractivity contribution in [2.45, 2.75) is 32.6 Å². The van der Waals surface area contributed by atoms with Crippen molar-refractivity contribution in [3.05, 3.63) is 11.1 Å². The first-order chi connectivity index (χ1) is 5.77. The van der Waals surface area contributed by atoms with Crippen molar-refractivity contribution in [1.29, 1.82) is 0 Å². The van der Waals surface area contributed by atoms with Crippen molar-refractivity contribution < 1.29 is 0 Å². The molecule has 1 unspecified atom stereocenters. The minimum Gasteiger partial charge on any atom is -0.384 e. The van der Waals surface area contributed by atoms with Crippen LogP contribution < -0.4 is 5.73 Å². The van der Waals surface area contributed by atoms with Gasteiger partial charge in [-0.15, -0.1) is 0 Å². The molecule has 0 aromatic heterocycles. The Balaban J connectivity index is 2.26. The van der Waals surface area contributed by atoms with Crippen LogP contribution >= 0.6 is 0 Å². The third-order valence-corrected chi connectivity index (χ3v) is 2.91. The van der Waals surface area contributed by atoms with E-state index in [4.69, 9.17) is 5.73 Å². The molecule has 2 N–H and O–H groups in total. The largest absolute Gasteiger partial charge is 0.384 e. The fourth-order valence-corrected chi connectivity index (χ4v) is 2.18. The van der Waals surface area contributed by atoms with Crippen LogP contribution in [0.3, 0.4) is 0 Å². The number of dihydropyridines is 1. The van der Waals surface area contributed by atoms with E-state index in [1.165, 1.54) is 18.4 Å². The van der Waals surface area contributed by atoms with Crippen LogP contribution in [-0.4, -0.2) is 12.4 Å². The van der Waals surface area contributed by atoms with E-state index in [0.717, 1.165) is 31.1 Å². The summed E-state index contributed by atoms with van der Waals surface area (Å²) in [5.41, 5.74) is 8.79. The van der Waals surface area contributed by atoms with Gasteiger partial charge in [-0.1, -0.05) is 12.5 Å². The van der Waals surface area contributed by atoms with Gasteiger partial charge in [0.15, 0.2) is 0 Å². The van der Waals surface area contributed by atoms with Crippen molar-refractivity contribution in [2.75, 3.05) is 6.54 Å². The molecule has 1 aliphatic heterocycles. The fraction of sp³-hybridized carbons (Fsp3) is 0.700. The van der Waals surface area contributed by atoms with E-state index < -0.39 is 0 Å². The molecule has 0 spiro atoms. The van der Waals surface area contributed by atoms with Gasteiger partial charge in [0, 0.05) is 6.54 Å². The Kier molecular flexibility index (Phi) is 1.91. The highest BCUT2D eigenvalue weighted by molar-refractivity contribution is 5.98. The lowest BCUT2D eigenvalue weighted by molar-refractivity contribution is 0.490. The van der Waals surface area contributed by atoms with Gasteiger partial charge in [0.1, 0.15) is 5.84 Å². The molecule has 0 aromatic rings. The maximum atomic E-state index is 5.83. The summed E-state index contributed by atoms with van der Waals surface area (Å²) in [4.78, 5) is 4.28. The van der Waals surface area contributed by atoms with E-state index in [-0.39, 0.29) is 0 Å². The van der Waals surface area contributed by atoms with Crippen molar-refractivity contribution in [3.63, 3.8) is 0 Å². The number of nitrogens with two attached hydrogens (primary N) is 1. The molecule has 12 heavy (non-hydrogen) atoms. The van der Waals surface area contributed by atoms with Gasteiger partial charge in [0.05, 0.1) is 0 Å². The molecule has 1 heterocycles. The molecule has 1 aliphatic carbocycles. The second-order valence-electron chi connectivity index (χ2n) is 3.95. The molecule has 0 aromatic carbocycles. The number of nitrogens with zero attached hydrogens (tertiary/aromatic N) is 1. The van der Waals surface area contributed by atoms with Crippen molar-refractivity contribution >= 4 is 5.84 Å². The molecule has 1 atom stereocenters. The predicted molar refractivity (Wildman–Crippen MR) is 51.1 cm³/mol. The normalized spacial score (nSPS) is 29.8. The fourth-order valence-electron chi connectivity index (χ4n) is 2.18. The zero-order valence-electron chi connectivity index (χ0n) is 7.64. The number of amidine groups is 1. The predicted octanol–water partition coefficient (Wildman–Crippen LogP) is 1.86. The van der Waals surface area contributed by atoms with E-state index >= 15 is 0 Å². The Morgan fingerprint density at radius 3 is 3.08 bits per heavy atom. The average Bonchev–Trinajstić information content (AvgIpc) is 2.04. The summed E-state index contributed by atoms with van der Waals surface area (Å²) in [5, 5.41) is 0. The van der Waals surface area contributed by atoms with E-state index in [0.29, 0.717) is 0 Å². The van der Waals surface area contributed by atoms with Gasteiger partial charge in [-0.2, -0.15) is 0 Å². The molecule has 2 nitrogen and oxygen atoms in total. The molecular formula is C10H16N2. The minimum atomic E-state index is 0.822. The second-order valence-corrected chi connectivity index (χ2v) is 3.95. The Labute approximate surface area is 73.6 Å². The zero-order valence-corrected chi connectivity index (χ0v) is 7.64. The molecule has 2 heteroatoms. The third kappa shape index (κ3) is 1.26. The SMILES string of the molecule is CC1CCC2=C(CCN=C2N)C1. The van der Waals surface area contributed by atoms with Crippen LogP contribution in [0.1, 0.15) is 32.6 Å². The first kappa shape index (κ1) is 7.84. The molecule has 66 valence electrons. The Bertz CT molecular complexity index is 251. The van der Waals surface area contributed by atoms with Crippen LogP contribution in [0.4, 0.5) is 0 Å². The molecule has 0 saturated carbocycles. The van der Waals surface area contributed by atoms with Gasteiger partial charge in [-0.25, -0.2) is 0 Å². The maximum absolute atomic E-state index is 5.83.